The summed E-state index contributed by atoms with van der Waals surface area (Å²) in [6.07, 6.45) is 1.52. The zero-order valence-corrected chi connectivity index (χ0v) is 20.5. The van der Waals surface area contributed by atoms with Crippen molar-refractivity contribution in [3.05, 3.63) is 90.5 Å². The highest BCUT2D eigenvalue weighted by atomic mass is 127. The predicted octanol–water partition coefficient (Wildman–Crippen LogP) is 6.26. The molecule has 0 radical (unpaired) electrons. The predicted molar refractivity (Wildman–Crippen MR) is 133 cm³/mol. The summed E-state index contributed by atoms with van der Waals surface area (Å²) < 4.78 is 12.3. The van der Waals surface area contributed by atoms with Crippen LogP contribution >= 0.6 is 45.8 Å². The number of nitrogens with zero attached hydrogens (tertiary/aromatic N) is 1. The number of aryl methyl sites for hydroxylation is 1. The first-order valence-corrected chi connectivity index (χ1v) is 11.0. The number of hydrogen-bond acceptors (Lipinski definition) is 4. The van der Waals surface area contributed by atoms with Crippen molar-refractivity contribution >= 4 is 57.9 Å². The minimum Gasteiger partial charge on any atom is -0.493 e. The molecule has 0 heterocycles. The number of methoxy groups -OCH3 is 1. The van der Waals surface area contributed by atoms with Gasteiger partial charge in [-0.2, -0.15) is 5.10 Å². The van der Waals surface area contributed by atoms with Gasteiger partial charge in [0, 0.05) is 5.02 Å². The summed E-state index contributed by atoms with van der Waals surface area (Å²) in [6, 6.07) is 16.5. The van der Waals surface area contributed by atoms with Crippen LogP contribution < -0.4 is 14.9 Å². The summed E-state index contributed by atoms with van der Waals surface area (Å²) in [6.45, 7) is 2.47. The SMILES string of the molecule is COc1cc(/C=N\NC(=O)c2ccc(Cl)cc2Cl)cc(I)c1OCc1ccc(C)cc1. The first-order chi connectivity index (χ1) is 14.9. The Morgan fingerprint density at radius 1 is 1.13 bits per heavy atom. The van der Waals surface area contributed by atoms with Gasteiger partial charge in [0.05, 0.1) is 27.5 Å². The van der Waals surface area contributed by atoms with E-state index in [2.05, 4.69) is 33.1 Å². The van der Waals surface area contributed by atoms with Gasteiger partial charge in [0.15, 0.2) is 11.5 Å². The molecule has 8 heteroatoms. The van der Waals surface area contributed by atoms with Crippen LogP contribution in [0, 0.1) is 10.5 Å². The van der Waals surface area contributed by atoms with Crippen LogP contribution in [0.15, 0.2) is 59.7 Å². The van der Waals surface area contributed by atoms with Gasteiger partial charge < -0.3 is 9.47 Å². The quantitative estimate of drug-likeness (QED) is 0.208. The van der Waals surface area contributed by atoms with E-state index in [4.69, 9.17) is 32.7 Å². The Hall–Kier alpha value is -2.29. The third-order valence-electron chi connectivity index (χ3n) is 4.31. The first kappa shape index (κ1) is 23.4. The Balaban J connectivity index is 1.69. The van der Waals surface area contributed by atoms with Gasteiger partial charge in [-0.1, -0.05) is 53.0 Å². The monoisotopic (exact) mass is 568 g/mol. The van der Waals surface area contributed by atoms with Crippen molar-refractivity contribution in [1.82, 2.24) is 5.43 Å². The summed E-state index contributed by atoms with van der Waals surface area (Å²) >= 11 is 14.1. The van der Waals surface area contributed by atoms with Crippen molar-refractivity contribution < 1.29 is 14.3 Å². The van der Waals surface area contributed by atoms with Crippen molar-refractivity contribution in [1.29, 1.82) is 0 Å². The first-order valence-electron chi connectivity index (χ1n) is 9.21. The summed E-state index contributed by atoms with van der Waals surface area (Å²) in [7, 11) is 1.58. The van der Waals surface area contributed by atoms with Crippen molar-refractivity contribution in [2.75, 3.05) is 7.11 Å². The maximum absolute atomic E-state index is 12.3. The molecule has 0 saturated heterocycles. The number of halogens is 3. The van der Waals surface area contributed by atoms with Crippen LogP contribution in [-0.4, -0.2) is 19.2 Å². The Morgan fingerprint density at radius 2 is 1.87 bits per heavy atom. The van der Waals surface area contributed by atoms with Crippen LogP contribution in [0.4, 0.5) is 0 Å². The lowest BCUT2D eigenvalue weighted by Crippen LogP contribution is -2.18. The Labute approximate surface area is 204 Å². The third-order valence-corrected chi connectivity index (χ3v) is 5.66. The zero-order chi connectivity index (χ0) is 22.4. The number of rotatable bonds is 7. The lowest BCUT2D eigenvalue weighted by Gasteiger charge is -2.13. The number of benzene rings is 3. The zero-order valence-electron chi connectivity index (χ0n) is 16.8. The highest BCUT2D eigenvalue weighted by Gasteiger charge is 2.12. The van der Waals surface area contributed by atoms with Crippen LogP contribution in [0.2, 0.25) is 10.0 Å². The van der Waals surface area contributed by atoms with Gasteiger partial charge in [-0.3, -0.25) is 4.79 Å². The molecule has 0 unspecified atom stereocenters. The van der Waals surface area contributed by atoms with Crippen molar-refractivity contribution in [3.63, 3.8) is 0 Å². The second-order valence-electron chi connectivity index (χ2n) is 6.63. The molecular formula is C23H19Cl2IN2O3. The van der Waals surface area contributed by atoms with E-state index in [9.17, 15) is 4.79 Å². The average Bonchev–Trinajstić information content (AvgIpc) is 2.73. The number of nitrogens with one attached hydrogen (secondary N) is 1. The van der Waals surface area contributed by atoms with Crippen LogP contribution in [0.3, 0.4) is 0 Å². The average molecular weight is 569 g/mol. The van der Waals surface area contributed by atoms with E-state index in [1.807, 2.05) is 37.3 Å². The summed E-state index contributed by atoms with van der Waals surface area (Å²) in [5, 5.41) is 4.72. The normalized spacial score (nSPS) is 10.9. The molecule has 1 N–H and O–H groups in total. The number of hydrogen-bond donors (Lipinski definition) is 1. The molecule has 0 aliphatic carbocycles. The van der Waals surface area contributed by atoms with Gasteiger partial charge in [-0.15, -0.1) is 0 Å². The lowest BCUT2D eigenvalue weighted by molar-refractivity contribution is 0.0955. The number of ether oxygens (including phenoxy) is 2. The topological polar surface area (TPSA) is 59.9 Å². The van der Waals surface area contributed by atoms with Crippen LogP contribution in [0.25, 0.3) is 0 Å². The van der Waals surface area contributed by atoms with E-state index in [-0.39, 0.29) is 10.6 Å². The molecule has 31 heavy (non-hydrogen) atoms. The van der Waals surface area contributed by atoms with E-state index in [0.29, 0.717) is 23.1 Å². The highest BCUT2D eigenvalue weighted by molar-refractivity contribution is 14.1. The summed E-state index contributed by atoms with van der Waals surface area (Å²) in [4.78, 5) is 12.3. The maximum Gasteiger partial charge on any atom is 0.272 e. The van der Waals surface area contributed by atoms with E-state index in [1.165, 1.54) is 17.8 Å². The van der Waals surface area contributed by atoms with Crippen molar-refractivity contribution in [2.45, 2.75) is 13.5 Å². The fourth-order valence-corrected chi connectivity index (χ4v) is 3.97. The lowest BCUT2D eigenvalue weighted by atomic mass is 10.2. The summed E-state index contributed by atoms with van der Waals surface area (Å²) in [5.41, 5.74) is 5.75. The minimum atomic E-state index is -0.433. The molecule has 0 saturated carbocycles. The molecule has 0 fully saturated rings. The fourth-order valence-electron chi connectivity index (χ4n) is 2.69. The third kappa shape index (κ3) is 6.35. The molecule has 0 aromatic heterocycles. The standard InChI is InChI=1S/C23H19Cl2IN2O3/c1-14-3-5-15(6-4-14)13-31-22-20(26)9-16(10-21(22)30-2)12-27-28-23(29)18-8-7-17(24)11-19(18)25/h3-12H,13H2,1-2H3,(H,28,29)/b27-12-. The van der Waals surface area contributed by atoms with Crippen LogP contribution in [0.1, 0.15) is 27.0 Å². The largest absolute Gasteiger partial charge is 0.493 e. The van der Waals surface area contributed by atoms with Gasteiger partial charge in [-0.05, 0) is 71.0 Å². The van der Waals surface area contributed by atoms with Crippen molar-refractivity contribution in [3.8, 4) is 11.5 Å². The molecule has 0 aliphatic rings. The fraction of sp³-hybridized carbons (Fsp3) is 0.130. The molecule has 3 aromatic rings. The molecular weight excluding hydrogens is 550 g/mol. The van der Waals surface area contributed by atoms with E-state index in [1.54, 1.807) is 25.3 Å². The number of carbonyl (C=O) groups is 1. The van der Waals surface area contributed by atoms with Gasteiger partial charge >= 0.3 is 0 Å². The molecule has 0 aliphatic heterocycles. The summed E-state index contributed by atoms with van der Waals surface area (Å²) in [5.74, 6) is 0.794. The minimum absolute atomic E-state index is 0.256. The molecule has 0 spiro atoms. The molecule has 160 valence electrons. The van der Waals surface area contributed by atoms with Gasteiger partial charge in [0.1, 0.15) is 6.61 Å². The number of hydrazone groups is 1. The van der Waals surface area contributed by atoms with E-state index < -0.39 is 5.91 Å². The second kappa shape index (κ2) is 10.8. The molecule has 3 rings (SSSR count). The second-order valence-corrected chi connectivity index (χ2v) is 8.64. The van der Waals surface area contributed by atoms with Gasteiger partial charge in [0.25, 0.3) is 5.91 Å². The van der Waals surface area contributed by atoms with Crippen molar-refractivity contribution in [2.24, 2.45) is 5.10 Å². The van der Waals surface area contributed by atoms with Gasteiger partial charge in [0.2, 0.25) is 0 Å². The van der Waals surface area contributed by atoms with Crippen LogP contribution in [-0.2, 0) is 6.61 Å². The molecule has 5 nitrogen and oxygen atoms in total. The van der Waals surface area contributed by atoms with E-state index >= 15 is 0 Å². The molecule has 1 amide bonds. The van der Waals surface area contributed by atoms with E-state index in [0.717, 1.165) is 14.7 Å². The highest BCUT2D eigenvalue weighted by Crippen LogP contribution is 2.34. The van der Waals surface area contributed by atoms with Crippen LogP contribution in [0.5, 0.6) is 11.5 Å². The molecule has 0 atom stereocenters. The number of amides is 1. The maximum atomic E-state index is 12.3. The Morgan fingerprint density at radius 3 is 2.55 bits per heavy atom. The molecule has 0 bridgehead atoms. The Kier molecular flexibility index (Phi) is 8.17. The number of carbonyl (C=O) groups excluding carboxylic acids is 1. The molecule has 3 aromatic carbocycles. The van der Waals surface area contributed by atoms with Gasteiger partial charge in [-0.25, -0.2) is 5.43 Å². The Bertz CT molecular complexity index is 1120. The smallest absolute Gasteiger partial charge is 0.272 e.